The highest BCUT2D eigenvalue weighted by molar-refractivity contribution is 9.10. The predicted octanol–water partition coefficient (Wildman–Crippen LogP) is 2.32. The van der Waals surface area contributed by atoms with Crippen LogP contribution in [0.3, 0.4) is 0 Å². The highest BCUT2D eigenvalue weighted by atomic mass is 79.9. The minimum Gasteiger partial charge on any atom is -0.335 e. The van der Waals surface area contributed by atoms with Gasteiger partial charge in [0.2, 0.25) is 0 Å². The van der Waals surface area contributed by atoms with Gasteiger partial charge in [0, 0.05) is 10.5 Å². The van der Waals surface area contributed by atoms with Crippen molar-refractivity contribution in [2.75, 3.05) is 18.4 Å². The lowest BCUT2D eigenvalue weighted by Gasteiger charge is -2.23. The van der Waals surface area contributed by atoms with Crippen LogP contribution in [0.25, 0.3) is 0 Å². The van der Waals surface area contributed by atoms with Crippen molar-refractivity contribution >= 4 is 27.6 Å². The molecule has 1 heterocycles. The molecule has 1 fully saturated rings. The summed E-state index contributed by atoms with van der Waals surface area (Å²) in [4.78, 5) is 11.8. The lowest BCUT2D eigenvalue weighted by molar-refractivity contribution is 0.245. The van der Waals surface area contributed by atoms with Crippen LogP contribution in [0.4, 0.5) is 10.5 Å². The minimum atomic E-state index is -0.135. The number of anilines is 1. The zero-order valence-corrected chi connectivity index (χ0v) is 11.1. The Balaban J connectivity index is 1.86. The number of rotatable bonds is 2. The molecule has 17 heavy (non-hydrogen) atoms. The fourth-order valence-corrected chi connectivity index (χ4v) is 2.26. The molecule has 1 aromatic carbocycles. The molecule has 3 N–H and O–H groups in total. The van der Waals surface area contributed by atoms with E-state index in [0.29, 0.717) is 0 Å². The highest BCUT2D eigenvalue weighted by Gasteiger charge is 2.15. The van der Waals surface area contributed by atoms with Gasteiger partial charge in [-0.2, -0.15) is 0 Å². The maximum absolute atomic E-state index is 11.8. The van der Waals surface area contributed by atoms with Gasteiger partial charge in [0.1, 0.15) is 0 Å². The average Bonchev–Trinajstić information content (AvgIpc) is 2.33. The van der Waals surface area contributed by atoms with Crippen molar-refractivity contribution in [2.24, 2.45) is 0 Å². The van der Waals surface area contributed by atoms with Crippen LogP contribution in [0, 0.1) is 0 Å². The molecule has 0 aromatic heterocycles. The summed E-state index contributed by atoms with van der Waals surface area (Å²) < 4.78 is 0.889. The third-order valence-electron chi connectivity index (χ3n) is 2.80. The quantitative estimate of drug-likeness (QED) is 0.785. The molecule has 4 nitrogen and oxygen atoms in total. The first-order valence-corrected chi connectivity index (χ1v) is 6.58. The first kappa shape index (κ1) is 12.4. The van der Waals surface area contributed by atoms with E-state index in [1.54, 1.807) is 0 Å². The second-order valence-corrected chi connectivity index (χ2v) is 4.96. The molecule has 0 aliphatic carbocycles. The largest absolute Gasteiger partial charge is 0.335 e. The van der Waals surface area contributed by atoms with E-state index in [9.17, 15) is 4.79 Å². The van der Waals surface area contributed by atoms with Gasteiger partial charge in [-0.25, -0.2) is 4.79 Å². The van der Waals surface area contributed by atoms with Crippen molar-refractivity contribution in [1.29, 1.82) is 0 Å². The Morgan fingerprint density at radius 3 is 2.71 bits per heavy atom. The van der Waals surface area contributed by atoms with E-state index in [0.717, 1.165) is 36.1 Å². The fourth-order valence-electron chi connectivity index (χ4n) is 1.87. The van der Waals surface area contributed by atoms with Crippen LogP contribution in [-0.4, -0.2) is 25.2 Å². The van der Waals surface area contributed by atoms with Gasteiger partial charge in [-0.15, -0.1) is 0 Å². The molecule has 5 heteroatoms. The van der Waals surface area contributed by atoms with Crippen LogP contribution in [0.2, 0.25) is 0 Å². The van der Waals surface area contributed by atoms with E-state index in [1.807, 2.05) is 24.3 Å². The normalized spacial score (nSPS) is 16.5. The number of carbonyl (C=O) groups excluding carboxylic acids is 1. The summed E-state index contributed by atoms with van der Waals surface area (Å²) in [5.74, 6) is 0. The lowest BCUT2D eigenvalue weighted by atomic mass is 10.1. The predicted molar refractivity (Wildman–Crippen MR) is 72.2 cm³/mol. The molecule has 0 bridgehead atoms. The van der Waals surface area contributed by atoms with Crippen molar-refractivity contribution < 1.29 is 4.79 Å². The van der Waals surface area contributed by atoms with Crippen LogP contribution < -0.4 is 16.0 Å². The molecule has 1 aliphatic heterocycles. The van der Waals surface area contributed by atoms with Crippen molar-refractivity contribution in [3.05, 3.63) is 28.7 Å². The van der Waals surface area contributed by atoms with Crippen LogP contribution in [0.1, 0.15) is 12.8 Å². The Labute approximate surface area is 109 Å². The number of halogens is 1. The molecule has 0 radical (unpaired) electrons. The van der Waals surface area contributed by atoms with Gasteiger partial charge in [0.15, 0.2) is 0 Å². The molecular weight excluding hydrogens is 282 g/mol. The zero-order valence-electron chi connectivity index (χ0n) is 9.50. The number of benzene rings is 1. The number of nitrogens with one attached hydrogen (secondary N) is 3. The molecule has 0 atom stereocenters. The summed E-state index contributed by atoms with van der Waals surface area (Å²) >= 11 is 3.40. The van der Waals surface area contributed by atoms with E-state index in [2.05, 4.69) is 31.9 Å². The molecule has 0 saturated carbocycles. The average molecular weight is 298 g/mol. The number of carbonyl (C=O) groups is 1. The topological polar surface area (TPSA) is 53.2 Å². The van der Waals surface area contributed by atoms with Gasteiger partial charge < -0.3 is 16.0 Å². The highest BCUT2D eigenvalue weighted by Crippen LogP contribution is 2.20. The van der Waals surface area contributed by atoms with Crippen LogP contribution in [0.15, 0.2) is 28.7 Å². The third kappa shape index (κ3) is 3.71. The Morgan fingerprint density at radius 1 is 1.29 bits per heavy atom. The second-order valence-electron chi connectivity index (χ2n) is 4.10. The van der Waals surface area contributed by atoms with Gasteiger partial charge in [-0.3, -0.25) is 0 Å². The summed E-state index contributed by atoms with van der Waals surface area (Å²) in [6.07, 6.45) is 1.98. The van der Waals surface area contributed by atoms with Crippen molar-refractivity contribution in [3.8, 4) is 0 Å². The maximum atomic E-state index is 11.8. The second kappa shape index (κ2) is 6.02. The first-order chi connectivity index (χ1) is 8.25. The monoisotopic (exact) mass is 297 g/mol. The first-order valence-electron chi connectivity index (χ1n) is 5.78. The van der Waals surface area contributed by atoms with Gasteiger partial charge in [-0.05, 0) is 54.0 Å². The molecule has 1 aliphatic rings. The maximum Gasteiger partial charge on any atom is 0.319 e. The number of urea groups is 1. The van der Waals surface area contributed by atoms with E-state index < -0.39 is 0 Å². The van der Waals surface area contributed by atoms with Crippen molar-refractivity contribution in [3.63, 3.8) is 0 Å². The molecule has 0 spiro atoms. The van der Waals surface area contributed by atoms with E-state index in [4.69, 9.17) is 0 Å². The Kier molecular flexibility index (Phi) is 4.39. The Bertz CT molecular complexity index is 391. The van der Waals surface area contributed by atoms with Gasteiger partial charge in [0.25, 0.3) is 0 Å². The van der Waals surface area contributed by atoms with Crippen LogP contribution in [-0.2, 0) is 0 Å². The van der Waals surface area contributed by atoms with Gasteiger partial charge >= 0.3 is 6.03 Å². The zero-order chi connectivity index (χ0) is 12.1. The number of para-hydroxylation sites is 1. The van der Waals surface area contributed by atoms with Crippen molar-refractivity contribution in [1.82, 2.24) is 10.6 Å². The summed E-state index contributed by atoms with van der Waals surface area (Å²) in [5, 5.41) is 9.09. The smallest absolute Gasteiger partial charge is 0.319 e. The third-order valence-corrected chi connectivity index (χ3v) is 3.49. The standard InChI is InChI=1S/C12H16BrN3O/c13-10-3-1-2-4-11(10)16-12(17)15-9-5-7-14-8-6-9/h1-4,9,14H,5-8H2,(H2,15,16,17). The Morgan fingerprint density at radius 2 is 2.00 bits per heavy atom. The van der Waals surface area contributed by atoms with E-state index in [-0.39, 0.29) is 12.1 Å². The molecular formula is C12H16BrN3O. The lowest BCUT2D eigenvalue weighted by Crippen LogP contribution is -2.44. The molecule has 1 aromatic rings. The number of piperidine rings is 1. The molecule has 2 rings (SSSR count). The fraction of sp³-hybridized carbons (Fsp3) is 0.417. The number of hydrogen-bond donors (Lipinski definition) is 3. The SMILES string of the molecule is O=C(Nc1ccccc1Br)NC1CCNCC1. The summed E-state index contributed by atoms with van der Waals surface area (Å²) in [7, 11) is 0. The van der Waals surface area contributed by atoms with E-state index in [1.165, 1.54) is 0 Å². The molecule has 1 saturated heterocycles. The number of amides is 2. The Hall–Kier alpha value is -1.07. The molecule has 92 valence electrons. The minimum absolute atomic E-state index is 0.135. The van der Waals surface area contributed by atoms with Crippen molar-refractivity contribution in [2.45, 2.75) is 18.9 Å². The summed E-state index contributed by atoms with van der Waals surface area (Å²) in [6.45, 7) is 1.94. The van der Waals surface area contributed by atoms with E-state index >= 15 is 0 Å². The van der Waals surface area contributed by atoms with Gasteiger partial charge in [0.05, 0.1) is 5.69 Å². The molecule has 0 unspecified atom stereocenters. The molecule has 2 amide bonds. The number of hydrogen-bond acceptors (Lipinski definition) is 2. The van der Waals surface area contributed by atoms with Crippen LogP contribution in [0.5, 0.6) is 0 Å². The summed E-state index contributed by atoms with van der Waals surface area (Å²) in [5.41, 5.74) is 0.791. The van der Waals surface area contributed by atoms with Crippen LogP contribution >= 0.6 is 15.9 Å². The summed E-state index contributed by atoms with van der Waals surface area (Å²) in [6, 6.07) is 7.72. The van der Waals surface area contributed by atoms with Gasteiger partial charge in [-0.1, -0.05) is 12.1 Å².